The van der Waals surface area contributed by atoms with Crippen LogP contribution < -0.4 is 4.74 Å². The minimum absolute atomic E-state index is 0. The summed E-state index contributed by atoms with van der Waals surface area (Å²) in [6, 6.07) is 10.8. The fourth-order valence-corrected chi connectivity index (χ4v) is 3.83. The number of rotatable bonds is 1. The molecule has 1 atom stereocenters. The van der Waals surface area contributed by atoms with E-state index in [1.165, 1.54) is 22.3 Å². The molecule has 1 aliphatic carbocycles. The minimum atomic E-state index is 0. The molecule has 0 spiro atoms. The van der Waals surface area contributed by atoms with Gasteiger partial charge in [0, 0.05) is 18.2 Å². The fourth-order valence-electron chi connectivity index (χ4n) is 3.83. The largest absolute Gasteiger partial charge is 0.504 e. The highest BCUT2D eigenvalue weighted by Crippen LogP contribution is 2.50. The van der Waals surface area contributed by atoms with Crippen molar-refractivity contribution in [1.29, 1.82) is 0 Å². The van der Waals surface area contributed by atoms with E-state index in [0.717, 1.165) is 24.9 Å². The molecule has 0 fully saturated rings. The van der Waals surface area contributed by atoms with Gasteiger partial charge in [0.1, 0.15) is 0 Å². The zero-order chi connectivity index (χ0) is 14.6. The van der Waals surface area contributed by atoms with Crippen LogP contribution in [-0.4, -0.2) is 30.7 Å². The lowest BCUT2D eigenvalue weighted by atomic mass is 9.77. The molecule has 0 amide bonds. The molecule has 0 saturated heterocycles. The van der Waals surface area contributed by atoms with Gasteiger partial charge in [0.15, 0.2) is 11.5 Å². The second kappa shape index (κ2) is 5.49. The first-order valence-electron chi connectivity index (χ1n) is 7.42. The van der Waals surface area contributed by atoms with Gasteiger partial charge in [-0.3, -0.25) is 4.90 Å². The maximum absolute atomic E-state index is 10.6. The lowest BCUT2D eigenvalue weighted by Crippen LogP contribution is -2.35. The van der Waals surface area contributed by atoms with Crippen molar-refractivity contribution in [3.63, 3.8) is 0 Å². The summed E-state index contributed by atoms with van der Waals surface area (Å²) in [5.74, 6) is 0.823. The number of phenolic OH excluding ortho intramolecular Hbond substituents is 1. The van der Waals surface area contributed by atoms with Crippen LogP contribution in [0.1, 0.15) is 22.7 Å². The number of ether oxygens (including phenoxy) is 1. The number of benzene rings is 2. The Morgan fingerprint density at radius 1 is 1.18 bits per heavy atom. The first-order valence-corrected chi connectivity index (χ1v) is 7.42. The highest BCUT2D eigenvalue weighted by atomic mass is 35.5. The van der Waals surface area contributed by atoms with Crippen LogP contribution in [0.15, 0.2) is 30.3 Å². The summed E-state index contributed by atoms with van der Waals surface area (Å²) in [5, 5.41) is 10.6. The van der Waals surface area contributed by atoms with Gasteiger partial charge in [-0.2, -0.15) is 0 Å². The van der Waals surface area contributed by atoms with Crippen LogP contribution in [0.5, 0.6) is 11.5 Å². The third-order valence-corrected chi connectivity index (χ3v) is 4.93. The summed E-state index contributed by atoms with van der Waals surface area (Å²) in [5.41, 5.74) is 6.14. The third-order valence-electron chi connectivity index (χ3n) is 4.93. The summed E-state index contributed by atoms with van der Waals surface area (Å²) in [7, 11) is 3.79. The van der Waals surface area contributed by atoms with Crippen LogP contribution in [0.2, 0.25) is 0 Å². The topological polar surface area (TPSA) is 32.7 Å². The lowest BCUT2D eigenvalue weighted by Gasteiger charge is -2.39. The van der Waals surface area contributed by atoms with Gasteiger partial charge in [-0.15, -0.1) is 12.4 Å². The average Bonchev–Trinajstić information content (AvgIpc) is 2.51. The molecular formula is C18H20ClNO2. The molecule has 1 aliphatic heterocycles. The first-order chi connectivity index (χ1) is 10.2. The normalized spacial score (nSPS) is 18.9. The summed E-state index contributed by atoms with van der Waals surface area (Å²) >= 11 is 0. The van der Waals surface area contributed by atoms with Gasteiger partial charge in [0.25, 0.3) is 0 Å². The van der Waals surface area contributed by atoms with Gasteiger partial charge < -0.3 is 9.84 Å². The third kappa shape index (κ3) is 2.00. The number of hydrogen-bond donors (Lipinski definition) is 1. The first kappa shape index (κ1) is 15.2. The van der Waals surface area contributed by atoms with Crippen molar-refractivity contribution >= 4 is 12.4 Å². The molecule has 3 nitrogen and oxygen atoms in total. The Morgan fingerprint density at radius 2 is 2.00 bits per heavy atom. The van der Waals surface area contributed by atoms with E-state index in [1.807, 2.05) is 6.07 Å². The van der Waals surface area contributed by atoms with E-state index < -0.39 is 0 Å². The number of fused-ring (bicyclic) bond motifs is 2. The number of halogens is 1. The van der Waals surface area contributed by atoms with E-state index in [0.29, 0.717) is 11.8 Å². The van der Waals surface area contributed by atoms with Crippen LogP contribution in [0.25, 0.3) is 11.1 Å². The lowest BCUT2D eigenvalue weighted by molar-refractivity contribution is 0.228. The van der Waals surface area contributed by atoms with Crippen molar-refractivity contribution in [2.24, 2.45) is 0 Å². The van der Waals surface area contributed by atoms with E-state index in [9.17, 15) is 5.11 Å². The molecule has 1 N–H and O–H groups in total. The Hall–Kier alpha value is -1.71. The second-order valence-corrected chi connectivity index (χ2v) is 5.98. The Bertz CT molecular complexity index is 729. The molecule has 4 heteroatoms. The molecule has 1 heterocycles. The van der Waals surface area contributed by atoms with Crippen molar-refractivity contribution in [2.45, 2.75) is 18.9 Å². The van der Waals surface area contributed by atoms with Gasteiger partial charge in [-0.25, -0.2) is 0 Å². The standard InChI is InChI=1S/C18H19NO2.ClH/c1-19-9-8-11-4-3-5-13-16(11)14(19)10-12-6-7-15(21-2)18(20)17(12)13;/h3-7,14,20H,8-10H2,1-2H3;1H. The molecule has 2 aromatic carbocycles. The van der Waals surface area contributed by atoms with Crippen molar-refractivity contribution in [3.05, 3.63) is 47.0 Å². The van der Waals surface area contributed by atoms with E-state index in [1.54, 1.807) is 7.11 Å². The van der Waals surface area contributed by atoms with E-state index >= 15 is 0 Å². The van der Waals surface area contributed by atoms with Crippen molar-refractivity contribution < 1.29 is 9.84 Å². The van der Waals surface area contributed by atoms with Crippen LogP contribution in [0.3, 0.4) is 0 Å². The zero-order valence-electron chi connectivity index (χ0n) is 12.8. The average molecular weight is 318 g/mol. The van der Waals surface area contributed by atoms with Gasteiger partial charge in [0.05, 0.1) is 7.11 Å². The molecule has 0 saturated carbocycles. The molecule has 0 bridgehead atoms. The smallest absolute Gasteiger partial charge is 0.165 e. The molecule has 4 rings (SSSR count). The van der Waals surface area contributed by atoms with Crippen LogP contribution >= 0.6 is 12.4 Å². The SMILES string of the molecule is COc1ccc2c(c1O)-c1cccc3c1C(C2)N(C)CC3.Cl. The fraction of sp³-hybridized carbons (Fsp3) is 0.333. The maximum Gasteiger partial charge on any atom is 0.165 e. The highest BCUT2D eigenvalue weighted by molar-refractivity contribution is 5.85. The number of phenols is 1. The Balaban J connectivity index is 0.00000144. The number of nitrogens with zero attached hydrogens (tertiary/aromatic N) is 1. The molecule has 2 aromatic rings. The number of hydrogen-bond acceptors (Lipinski definition) is 3. The molecular weight excluding hydrogens is 298 g/mol. The predicted octanol–water partition coefficient (Wildman–Crippen LogP) is 3.57. The summed E-state index contributed by atoms with van der Waals surface area (Å²) in [6.45, 7) is 1.10. The summed E-state index contributed by atoms with van der Waals surface area (Å²) in [6.07, 6.45) is 2.03. The Labute approximate surface area is 136 Å². The molecule has 0 aromatic heterocycles. The molecule has 22 heavy (non-hydrogen) atoms. The summed E-state index contributed by atoms with van der Waals surface area (Å²) in [4.78, 5) is 2.43. The van der Waals surface area contributed by atoms with Crippen LogP contribution in [-0.2, 0) is 12.8 Å². The monoisotopic (exact) mass is 317 g/mol. The van der Waals surface area contributed by atoms with Gasteiger partial charge in [-0.05, 0) is 48.2 Å². The molecule has 2 aliphatic rings. The van der Waals surface area contributed by atoms with Gasteiger partial charge in [-0.1, -0.05) is 24.3 Å². The number of likely N-dealkylation sites (N-methyl/N-ethyl adjacent to an activating group) is 1. The molecule has 116 valence electrons. The predicted molar refractivity (Wildman–Crippen MR) is 90.1 cm³/mol. The van der Waals surface area contributed by atoms with E-state index in [4.69, 9.17) is 4.74 Å². The van der Waals surface area contributed by atoms with Crippen molar-refractivity contribution in [1.82, 2.24) is 4.90 Å². The second-order valence-electron chi connectivity index (χ2n) is 5.98. The Kier molecular flexibility index (Phi) is 3.79. The quantitative estimate of drug-likeness (QED) is 0.872. The number of methoxy groups -OCH3 is 1. The van der Waals surface area contributed by atoms with Crippen molar-refractivity contribution in [2.75, 3.05) is 20.7 Å². The van der Waals surface area contributed by atoms with Crippen molar-refractivity contribution in [3.8, 4) is 22.6 Å². The molecule has 0 radical (unpaired) electrons. The Morgan fingerprint density at radius 3 is 2.77 bits per heavy atom. The van der Waals surface area contributed by atoms with Gasteiger partial charge >= 0.3 is 0 Å². The van der Waals surface area contributed by atoms with Crippen LogP contribution in [0.4, 0.5) is 0 Å². The summed E-state index contributed by atoms with van der Waals surface area (Å²) < 4.78 is 5.28. The zero-order valence-corrected chi connectivity index (χ0v) is 13.6. The van der Waals surface area contributed by atoms with E-state index in [-0.39, 0.29) is 18.2 Å². The van der Waals surface area contributed by atoms with Gasteiger partial charge in [0.2, 0.25) is 0 Å². The van der Waals surface area contributed by atoms with E-state index in [2.05, 4.69) is 36.2 Å². The maximum atomic E-state index is 10.6. The molecule has 1 unspecified atom stereocenters. The number of aromatic hydroxyl groups is 1. The minimum Gasteiger partial charge on any atom is -0.504 e. The highest BCUT2D eigenvalue weighted by Gasteiger charge is 2.34. The van der Waals surface area contributed by atoms with Crippen LogP contribution in [0, 0.1) is 0 Å².